The van der Waals surface area contributed by atoms with E-state index in [0.29, 0.717) is 21.3 Å². The molecule has 0 unspecified atom stereocenters. The van der Waals surface area contributed by atoms with Crippen molar-refractivity contribution in [1.29, 1.82) is 0 Å². The van der Waals surface area contributed by atoms with E-state index in [1.165, 1.54) is 7.11 Å². The normalized spacial score (nSPS) is 17.5. The Morgan fingerprint density at radius 2 is 1.97 bits per heavy atom. The molecule has 0 fully saturated rings. The minimum atomic E-state index is -4.78. The molecule has 0 aliphatic carbocycles. The molecule has 0 N–H and O–H groups in total. The molecule has 11 heteroatoms. The standard InChI is InChI=1S/C23H21BrF3N3O4/c1-4-33-19(31)11-18-21-28-29-22(23(25,26)27)30(21)16-9-8-13(24)10-15(16)20(34-18)14-6-5-7-17(32-3)12(14)2/h5-10,18,20H,4,11H2,1-3H3/t18-,20-/m1/s1. The fourth-order valence-corrected chi connectivity index (χ4v) is 4.43. The minimum absolute atomic E-state index is 0.123. The van der Waals surface area contributed by atoms with Gasteiger partial charge in [-0.2, -0.15) is 13.2 Å². The second-order valence-corrected chi connectivity index (χ2v) is 8.52. The van der Waals surface area contributed by atoms with Crippen LogP contribution in [0, 0.1) is 6.92 Å². The zero-order valence-corrected chi connectivity index (χ0v) is 20.1. The summed E-state index contributed by atoms with van der Waals surface area (Å²) in [6.07, 6.45) is -7.09. The predicted octanol–water partition coefficient (Wildman–Crippen LogP) is 5.48. The molecule has 2 aromatic carbocycles. The first kappa shape index (κ1) is 24.2. The summed E-state index contributed by atoms with van der Waals surface area (Å²) in [5.41, 5.74) is 2.09. The molecule has 2 heterocycles. The molecular weight excluding hydrogens is 519 g/mol. The predicted molar refractivity (Wildman–Crippen MR) is 119 cm³/mol. The maximum atomic E-state index is 13.9. The molecule has 34 heavy (non-hydrogen) atoms. The van der Waals surface area contributed by atoms with E-state index >= 15 is 0 Å². The monoisotopic (exact) mass is 539 g/mol. The zero-order valence-electron chi connectivity index (χ0n) is 18.5. The Kier molecular flexibility index (Phi) is 6.68. The molecule has 3 aromatic rings. The van der Waals surface area contributed by atoms with Crippen molar-refractivity contribution in [3.05, 3.63) is 69.2 Å². The Morgan fingerprint density at radius 1 is 1.21 bits per heavy atom. The summed E-state index contributed by atoms with van der Waals surface area (Å²) in [7, 11) is 1.53. The number of methoxy groups -OCH3 is 1. The highest BCUT2D eigenvalue weighted by atomic mass is 79.9. The molecule has 0 saturated carbocycles. The van der Waals surface area contributed by atoms with Gasteiger partial charge in [0, 0.05) is 10.0 Å². The summed E-state index contributed by atoms with van der Waals surface area (Å²) in [4.78, 5) is 12.4. The van der Waals surface area contributed by atoms with Crippen molar-refractivity contribution >= 4 is 21.9 Å². The van der Waals surface area contributed by atoms with Gasteiger partial charge in [-0.25, -0.2) is 0 Å². The number of ether oxygens (including phenoxy) is 3. The number of nitrogens with zero attached hydrogens (tertiary/aromatic N) is 3. The molecule has 0 spiro atoms. The molecule has 0 radical (unpaired) electrons. The third-order valence-electron chi connectivity index (χ3n) is 5.53. The molecule has 1 aliphatic rings. The molecule has 2 atom stereocenters. The highest BCUT2D eigenvalue weighted by Crippen LogP contribution is 2.45. The SMILES string of the molecule is CCOC(=O)C[C@H]1O[C@H](c2cccc(OC)c2C)c2cc(Br)ccc2-n2c1nnc2C(F)(F)F. The summed E-state index contributed by atoms with van der Waals surface area (Å²) >= 11 is 3.41. The van der Waals surface area contributed by atoms with Crippen LogP contribution in [0.1, 0.15) is 53.9 Å². The highest BCUT2D eigenvalue weighted by Gasteiger charge is 2.43. The smallest absolute Gasteiger partial charge is 0.452 e. The van der Waals surface area contributed by atoms with E-state index in [4.69, 9.17) is 14.2 Å². The van der Waals surface area contributed by atoms with Gasteiger partial charge in [-0.15, -0.1) is 10.2 Å². The van der Waals surface area contributed by atoms with Crippen LogP contribution in [0.2, 0.25) is 0 Å². The number of alkyl halides is 3. The molecule has 0 bridgehead atoms. The van der Waals surface area contributed by atoms with E-state index in [1.807, 2.05) is 13.0 Å². The number of hydrogen-bond acceptors (Lipinski definition) is 6. The molecular formula is C23H21BrF3N3O4. The lowest BCUT2D eigenvalue weighted by atomic mass is 9.95. The van der Waals surface area contributed by atoms with Crippen LogP contribution >= 0.6 is 15.9 Å². The van der Waals surface area contributed by atoms with Gasteiger partial charge in [0.25, 0.3) is 0 Å². The third-order valence-corrected chi connectivity index (χ3v) is 6.02. The molecule has 0 amide bonds. The van der Waals surface area contributed by atoms with Gasteiger partial charge in [-0.3, -0.25) is 9.36 Å². The Labute approximate surface area is 202 Å². The van der Waals surface area contributed by atoms with Crippen LogP contribution in [0.25, 0.3) is 5.69 Å². The van der Waals surface area contributed by atoms with Gasteiger partial charge in [0.1, 0.15) is 18.0 Å². The van der Waals surface area contributed by atoms with E-state index in [9.17, 15) is 18.0 Å². The van der Waals surface area contributed by atoms with Gasteiger partial charge in [0.2, 0.25) is 5.82 Å². The van der Waals surface area contributed by atoms with Crippen molar-refractivity contribution in [3.63, 3.8) is 0 Å². The average molecular weight is 540 g/mol. The van der Waals surface area contributed by atoms with Gasteiger partial charge in [-0.1, -0.05) is 28.1 Å². The van der Waals surface area contributed by atoms with Crippen molar-refractivity contribution in [1.82, 2.24) is 14.8 Å². The third kappa shape index (κ3) is 4.41. The maximum absolute atomic E-state index is 13.9. The Bertz CT molecular complexity index is 1230. The van der Waals surface area contributed by atoms with Gasteiger partial charge in [0.15, 0.2) is 5.82 Å². The number of carbonyl (C=O) groups excluding carboxylic acids is 1. The first-order valence-electron chi connectivity index (χ1n) is 10.4. The van der Waals surface area contributed by atoms with Crippen molar-refractivity contribution in [2.75, 3.05) is 13.7 Å². The maximum Gasteiger partial charge on any atom is 0.452 e. The van der Waals surface area contributed by atoms with E-state index in [-0.39, 0.29) is 24.5 Å². The molecule has 4 rings (SSSR count). The van der Waals surface area contributed by atoms with E-state index in [2.05, 4.69) is 26.1 Å². The van der Waals surface area contributed by atoms with Crippen molar-refractivity contribution in [2.45, 2.75) is 38.7 Å². The van der Waals surface area contributed by atoms with Crippen LogP contribution in [-0.2, 0) is 20.4 Å². The number of hydrogen-bond donors (Lipinski definition) is 0. The quantitative estimate of drug-likeness (QED) is 0.399. The largest absolute Gasteiger partial charge is 0.496 e. The highest BCUT2D eigenvalue weighted by molar-refractivity contribution is 9.10. The first-order chi connectivity index (χ1) is 16.2. The number of fused-ring (bicyclic) bond motifs is 3. The molecule has 7 nitrogen and oxygen atoms in total. The summed E-state index contributed by atoms with van der Waals surface area (Å²) < 4.78 is 60.2. The van der Waals surface area contributed by atoms with Crippen LogP contribution < -0.4 is 4.74 Å². The lowest BCUT2D eigenvalue weighted by Crippen LogP contribution is -2.18. The first-order valence-corrected chi connectivity index (χ1v) is 11.2. The summed E-state index contributed by atoms with van der Waals surface area (Å²) in [6, 6.07) is 10.2. The lowest BCUT2D eigenvalue weighted by molar-refractivity contribution is -0.147. The number of aromatic nitrogens is 3. The zero-order chi connectivity index (χ0) is 24.6. The lowest BCUT2D eigenvalue weighted by Gasteiger charge is -2.24. The minimum Gasteiger partial charge on any atom is -0.496 e. The van der Waals surface area contributed by atoms with Crippen molar-refractivity contribution in [2.24, 2.45) is 0 Å². The Hall–Kier alpha value is -2.92. The van der Waals surface area contributed by atoms with Gasteiger partial charge in [-0.05, 0) is 49.2 Å². The topological polar surface area (TPSA) is 75.5 Å². The average Bonchev–Trinajstić information content (AvgIpc) is 3.18. The van der Waals surface area contributed by atoms with Gasteiger partial charge in [0.05, 0.1) is 25.8 Å². The fraction of sp³-hybridized carbons (Fsp3) is 0.348. The van der Waals surface area contributed by atoms with Crippen LogP contribution in [0.15, 0.2) is 40.9 Å². The number of halogens is 4. The molecule has 1 aromatic heterocycles. The van der Waals surface area contributed by atoms with E-state index < -0.39 is 30.2 Å². The summed E-state index contributed by atoms with van der Waals surface area (Å²) in [5, 5.41) is 7.21. The summed E-state index contributed by atoms with van der Waals surface area (Å²) in [5.74, 6) is -1.36. The molecule has 1 aliphatic heterocycles. The second-order valence-electron chi connectivity index (χ2n) is 7.61. The second kappa shape index (κ2) is 9.38. The molecule has 0 saturated heterocycles. The van der Waals surface area contributed by atoms with Crippen molar-refractivity contribution < 1.29 is 32.2 Å². The van der Waals surface area contributed by atoms with Crippen LogP contribution in [0.4, 0.5) is 13.2 Å². The Balaban J connectivity index is 1.98. The van der Waals surface area contributed by atoms with Gasteiger partial charge < -0.3 is 14.2 Å². The van der Waals surface area contributed by atoms with Crippen molar-refractivity contribution in [3.8, 4) is 11.4 Å². The fourth-order valence-electron chi connectivity index (χ4n) is 4.05. The number of carbonyl (C=O) groups is 1. The van der Waals surface area contributed by atoms with Crippen LogP contribution in [-0.4, -0.2) is 34.5 Å². The number of rotatable bonds is 5. The van der Waals surface area contributed by atoms with Gasteiger partial charge >= 0.3 is 12.1 Å². The van der Waals surface area contributed by atoms with E-state index in [0.717, 1.165) is 10.1 Å². The number of benzene rings is 2. The summed E-state index contributed by atoms with van der Waals surface area (Å²) in [6.45, 7) is 3.60. The number of esters is 1. The molecule has 180 valence electrons. The van der Waals surface area contributed by atoms with Crippen LogP contribution in [0.5, 0.6) is 5.75 Å². The Morgan fingerprint density at radius 3 is 2.65 bits per heavy atom. The van der Waals surface area contributed by atoms with Crippen LogP contribution in [0.3, 0.4) is 0 Å². The van der Waals surface area contributed by atoms with E-state index in [1.54, 1.807) is 37.3 Å².